The normalized spacial score (nSPS) is 13.5. The molecule has 1 atom stereocenters. The fraction of sp³-hybridized carbons (Fsp3) is 0.769. The quantitative estimate of drug-likeness (QED) is 0.514. The maximum Gasteiger partial charge on any atom is 0.306 e. The molecular weight excluding hydrogens is 188 g/mol. The summed E-state index contributed by atoms with van der Waals surface area (Å²) in [6.45, 7) is 10.2. The predicted molar refractivity (Wildman–Crippen MR) is 63.9 cm³/mol. The average Bonchev–Trinajstić information content (AvgIpc) is 2.08. The van der Waals surface area contributed by atoms with Crippen molar-refractivity contribution in [1.82, 2.24) is 0 Å². The molecule has 0 aromatic rings. The SMILES string of the molecule is C=CCC(CCCCC(C)(C)C)C(=O)O. The largest absolute Gasteiger partial charge is 0.481 e. The Hall–Kier alpha value is -0.790. The van der Waals surface area contributed by atoms with Gasteiger partial charge in [0.25, 0.3) is 0 Å². The molecule has 0 aliphatic carbocycles. The molecule has 0 amide bonds. The molecule has 2 nitrogen and oxygen atoms in total. The standard InChI is InChI=1S/C13H24O2/c1-5-8-11(12(14)15)9-6-7-10-13(2,3)4/h5,11H,1,6-10H2,2-4H3,(H,14,15). The van der Waals surface area contributed by atoms with Crippen LogP contribution in [0.25, 0.3) is 0 Å². The van der Waals surface area contributed by atoms with Gasteiger partial charge in [-0.1, -0.05) is 39.7 Å². The number of hydrogen-bond donors (Lipinski definition) is 1. The van der Waals surface area contributed by atoms with E-state index in [1.54, 1.807) is 6.08 Å². The van der Waals surface area contributed by atoms with E-state index in [4.69, 9.17) is 5.11 Å². The van der Waals surface area contributed by atoms with Crippen LogP contribution >= 0.6 is 0 Å². The zero-order chi connectivity index (χ0) is 11.9. The summed E-state index contributed by atoms with van der Waals surface area (Å²) in [7, 11) is 0. The van der Waals surface area contributed by atoms with E-state index in [1.807, 2.05) is 0 Å². The van der Waals surface area contributed by atoms with E-state index in [2.05, 4.69) is 27.4 Å². The summed E-state index contributed by atoms with van der Waals surface area (Å²) in [5, 5.41) is 8.92. The zero-order valence-electron chi connectivity index (χ0n) is 10.3. The number of carboxylic acid groups (broad SMARTS) is 1. The van der Waals surface area contributed by atoms with E-state index in [1.165, 1.54) is 0 Å². The van der Waals surface area contributed by atoms with Gasteiger partial charge in [0.05, 0.1) is 5.92 Å². The van der Waals surface area contributed by atoms with Crippen LogP contribution in [0, 0.1) is 11.3 Å². The molecule has 0 aromatic heterocycles. The molecule has 1 N–H and O–H groups in total. The highest BCUT2D eigenvalue weighted by Crippen LogP contribution is 2.23. The summed E-state index contributed by atoms with van der Waals surface area (Å²) in [5.41, 5.74) is 0.358. The molecule has 15 heavy (non-hydrogen) atoms. The van der Waals surface area contributed by atoms with Crippen LogP contribution in [0.2, 0.25) is 0 Å². The molecule has 0 aliphatic rings. The van der Waals surface area contributed by atoms with Crippen molar-refractivity contribution in [2.45, 2.75) is 52.9 Å². The van der Waals surface area contributed by atoms with Crippen LogP contribution in [0.4, 0.5) is 0 Å². The van der Waals surface area contributed by atoms with Crippen LogP contribution in [0.5, 0.6) is 0 Å². The summed E-state index contributed by atoms with van der Waals surface area (Å²) < 4.78 is 0. The Bertz CT molecular complexity index is 201. The van der Waals surface area contributed by atoms with Crippen molar-refractivity contribution in [3.05, 3.63) is 12.7 Å². The second-order valence-electron chi connectivity index (χ2n) is 5.37. The van der Waals surface area contributed by atoms with E-state index in [9.17, 15) is 4.79 Å². The van der Waals surface area contributed by atoms with Gasteiger partial charge in [0, 0.05) is 0 Å². The third-order valence-electron chi connectivity index (χ3n) is 2.53. The van der Waals surface area contributed by atoms with Crippen LogP contribution in [0.15, 0.2) is 12.7 Å². The first-order valence-electron chi connectivity index (χ1n) is 5.70. The number of carbonyl (C=O) groups is 1. The van der Waals surface area contributed by atoms with Crippen LogP contribution in [-0.2, 0) is 4.79 Å². The van der Waals surface area contributed by atoms with Gasteiger partial charge in [-0.25, -0.2) is 0 Å². The molecule has 0 aliphatic heterocycles. The lowest BCUT2D eigenvalue weighted by atomic mass is 9.88. The summed E-state index contributed by atoms with van der Waals surface area (Å²) in [5.74, 6) is -0.923. The van der Waals surface area contributed by atoms with E-state index < -0.39 is 5.97 Å². The van der Waals surface area contributed by atoms with E-state index in [0.29, 0.717) is 11.8 Å². The van der Waals surface area contributed by atoms with Crippen molar-refractivity contribution in [1.29, 1.82) is 0 Å². The van der Waals surface area contributed by atoms with E-state index in [0.717, 1.165) is 25.7 Å². The minimum Gasteiger partial charge on any atom is -0.481 e. The Labute approximate surface area is 93.4 Å². The smallest absolute Gasteiger partial charge is 0.306 e. The Morgan fingerprint density at radius 3 is 2.40 bits per heavy atom. The lowest BCUT2D eigenvalue weighted by molar-refractivity contribution is -0.141. The van der Waals surface area contributed by atoms with Gasteiger partial charge in [-0.15, -0.1) is 6.58 Å². The van der Waals surface area contributed by atoms with Crippen molar-refractivity contribution in [3.63, 3.8) is 0 Å². The van der Waals surface area contributed by atoms with Gasteiger partial charge in [0.1, 0.15) is 0 Å². The molecule has 88 valence electrons. The second kappa shape index (κ2) is 6.65. The molecule has 2 heteroatoms. The second-order valence-corrected chi connectivity index (χ2v) is 5.37. The van der Waals surface area contributed by atoms with Crippen molar-refractivity contribution in [3.8, 4) is 0 Å². The highest BCUT2D eigenvalue weighted by molar-refractivity contribution is 5.70. The van der Waals surface area contributed by atoms with Crippen molar-refractivity contribution in [2.75, 3.05) is 0 Å². The molecule has 0 radical (unpaired) electrons. The van der Waals surface area contributed by atoms with Gasteiger partial charge < -0.3 is 5.11 Å². The first-order chi connectivity index (χ1) is 6.87. The number of rotatable bonds is 7. The predicted octanol–water partition coefficient (Wildman–Crippen LogP) is 3.87. The third kappa shape index (κ3) is 8.22. The summed E-state index contributed by atoms with van der Waals surface area (Å²) >= 11 is 0. The zero-order valence-corrected chi connectivity index (χ0v) is 10.3. The maximum absolute atomic E-state index is 10.8. The van der Waals surface area contributed by atoms with Gasteiger partial charge in [0.15, 0.2) is 0 Å². The minimum atomic E-state index is -0.689. The highest BCUT2D eigenvalue weighted by atomic mass is 16.4. The van der Waals surface area contributed by atoms with Gasteiger partial charge in [-0.05, 0) is 24.7 Å². The molecule has 1 unspecified atom stereocenters. The molecule has 0 saturated heterocycles. The van der Waals surface area contributed by atoms with Crippen LogP contribution < -0.4 is 0 Å². The number of allylic oxidation sites excluding steroid dienone is 1. The molecule has 0 bridgehead atoms. The lowest BCUT2D eigenvalue weighted by Gasteiger charge is -2.18. The monoisotopic (exact) mass is 212 g/mol. The molecule has 0 fully saturated rings. The van der Waals surface area contributed by atoms with Crippen LogP contribution in [0.1, 0.15) is 52.9 Å². The summed E-state index contributed by atoms with van der Waals surface area (Å²) in [6, 6.07) is 0. The van der Waals surface area contributed by atoms with Gasteiger partial charge in [0.2, 0.25) is 0 Å². The molecule has 0 spiro atoms. The van der Waals surface area contributed by atoms with E-state index in [-0.39, 0.29) is 5.92 Å². The van der Waals surface area contributed by atoms with Crippen molar-refractivity contribution >= 4 is 5.97 Å². The number of aliphatic carboxylic acids is 1. The van der Waals surface area contributed by atoms with Crippen molar-refractivity contribution in [2.24, 2.45) is 11.3 Å². The molecule has 0 aromatic carbocycles. The number of hydrogen-bond acceptors (Lipinski definition) is 1. The number of unbranched alkanes of at least 4 members (excludes halogenated alkanes) is 1. The fourth-order valence-corrected chi connectivity index (χ4v) is 1.59. The number of carboxylic acids is 1. The summed E-state index contributed by atoms with van der Waals surface area (Å²) in [6.07, 6.45) is 6.34. The Kier molecular flexibility index (Phi) is 6.30. The molecule has 0 saturated carbocycles. The molecule has 0 rings (SSSR count). The molecule has 0 heterocycles. The Morgan fingerprint density at radius 2 is 2.00 bits per heavy atom. The Balaban J connectivity index is 3.72. The summed E-state index contributed by atoms with van der Waals surface area (Å²) in [4.78, 5) is 10.8. The molecular formula is C13H24O2. The van der Waals surface area contributed by atoms with Gasteiger partial charge >= 0.3 is 5.97 Å². The highest BCUT2D eigenvalue weighted by Gasteiger charge is 2.16. The topological polar surface area (TPSA) is 37.3 Å². The fourth-order valence-electron chi connectivity index (χ4n) is 1.59. The first-order valence-corrected chi connectivity index (χ1v) is 5.70. The lowest BCUT2D eigenvalue weighted by Crippen LogP contribution is -2.13. The van der Waals surface area contributed by atoms with Gasteiger partial charge in [-0.3, -0.25) is 4.79 Å². The van der Waals surface area contributed by atoms with Crippen LogP contribution in [0.3, 0.4) is 0 Å². The first kappa shape index (κ1) is 14.2. The third-order valence-corrected chi connectivity index (χ3v) is 2.53. The van der Waals surface area contributed by atoms with Crippen LogP contribution in [-0.4, -0.2) is 11.1 Å². The van der Waals surface area contributed by atoms with Crippen molar-refractivity contribution < 1.29 is 9.90 Å². The Morgan fingerprint density at radius 1 is 1.40 bits per heavy atom. The van der Waals surface area contributed by atoms with E-state index >= 15 is 0 Å². The average molecular weight is 212 g/mol. The maximum atomic E-state index is 10.8. The minimum absolute atomic E-state index is 0.234. The van der Waals surface area contributed by atoms with Gasteiger partial charge in [-0.2, -0.15) is 0 Å².